The number of aliphatic hydroxyl groups is 3. The molecule has 0 spiro atoms. The number of ether oxygens (including phenoxy) is 2. The number of aliphatic hydroxyl groups excluding tert-OH is 3. The lowest BCUT2D eigenvalue weighted by Gasteiger charge is -2.71. The summed E-state index contributed by atoms with van der Waals surface area (Å²) in [5.74, 6) is 0.465. The van der Waals surface area contributed by atoms with E-state index in [2.05, 4.69) is 54.5 Å². The standard InChI is InChI=1S/C35H56O7/c1-30(2)14-16-35(29(39)40)17-15-33(6)20(21(35)18-30)8-9-24-32(5)12-11-25(31(3,4)23(32)10-13-34(24,33)7)42-28-27(38)26(37)22(36)19-41-28/h8,21-28,36-38H,9-19H2,1-7H3,(H,39,40)/t21-,22+,23-,24+,25-,26-,27-,28-,32-,33+,34+,35-/m0/s1. The van der Waals surface area contributed by atoms with Crippen molar-refractivity contribution in [1.29, 1.82) is 0 Å². The van der Waals surface area contributed by atoms with Crippen molar-refractivity contribution in [3.8, 4) is 0 Å². The molecule has 1 aliphatic heterocycles. The molecule has 5 aliphatic carbocycles. The van der Waals surface area contributed by atoms with Crippen molar-refractivity contribution >= 4 is 5.97 Å². The molecule has 0 aromatic carbocycles. The van der Waals surface area contributed by atoms with Gasteiger partial charge >= 0.3 is 5.97 Å². The average Bonchev–Trinajstić information content (AvgIpc) is 2.90. The van der Waals surface area contributed by atoms with Crippen molar-refractivity contribution in [3.63, 3.8) is 0 Å². The minimum atomic E-state index is -1.27. The Morgan fingerprint density at radius 3 is 2.26 bits per heavy atom. The Hall–Kier alpha value is -0.990. The van der Waals surface area contributed by atoms with E-state index >= 15 is 0 Å². The van der Waals surface area contributed by atoms with Crippen LogP contribution in [0, 0.1) is 50.2 Å². The summed E-state index contributed by atoms with van der Waals surface area (Å²) < 4.78 is 12.1. The zero-order valence-electron chi connectivity index (χ0n) is 27.0. The van der Waals surface area contributed by atoms with Crippen molar-refractivity contribution in [3.05, 3.63) is 11.6 Å². The van der Waals surface area contributed by atoms with E-state index < -0.39 is 36.0 Å². The number of carbonyl (C=O) groups is 1. The van der Waals surface area contributed by atoms with Gasteiger partial charge in [-0.3, -0.25) is 4.79 Å². The summed E-state index contributed by atoms with van der Waals surface area (Å²) in [5, 5.41) is 41.3. The predicted octanol–water partition coefficient (Wildman–Crippen LogP) is 5.70. The van der Waals surface area contributed by atoms with Gasteiger partial charge in [0.25, 0.3) is 0 Å². The monoisotopic (exact) mass is 588 g/mol. The van der Waals surface area contributed by atoms with Gasteiger partial charge in [0, 0.05) is 0 Å². The van der Waals surface area contributed by atoms with Gasteiger partial charge in [-0.1, -0.05) is 60.1 Å². The number of rotatable bonds is 3. The number of carboxylic acids is 1. The van der Waals surface area contributed by atoms with Crippen LogP contribution in [0.1, 0.15) is 113 Å². The van der Waals surface area contributed by atoms with Crippen LogP contribution in [0.2, 0.25) is 0 Å². The van der Waals surface area contributed by atoms with Gasteiger partial charge in [0.05, 0.1) is 18.1 Å². The fraction of sp³-hybridized carbons (Fsp3) is 0.914. The second-order valence-electron chi connectivity index (χ2n) is 17.4. The first-order valence-electron chi connectivity index (χ1n) is 16.7. The van der Waals surface area contributed by atoms with Crippen molar-refractivity contribution in [1.82, 2.24) is 0 Å². The topological polar surface area (TPSA) is 116 Å². The highest BCUT2D eigenvalue weighted by molar-refractivity contribution is 5.76. The molecule has 0 radical (unpaired) electrons. The Morgan fingerprint density at radius 2 is 1.57 bits per heavy atom. The lowest BCUT2D eigenvalue weighted by atomic mass is 9.33. The Kier molecular flexibility index (Phi) is 7.20. The van der Waals surface area contributed by atoms with Crippen LogP contribution in [-0.2, 0) is 14.3 Å². The van der Waals surface area contributed by atoms with Gasteiger partial charge in [-0.15, -0.1) is 0 Å². The zero-order chi connectivity index (χ0) is 30.7. The van der Waals surface area contributed by atoms with Gasteiger partial charge in [0.1, 0.15) is 18.3 Å². The highest BCUT2D eigenvalue weighted by atomic mass is 16.7. The van der Waals surface area contributed by atoms with E-state index in [1.807, 2.05) is 0 Å². The summed E-state index contributed by atoms with van der Waals surface area (Å²) >= 11 is 0. The van der Waals surface area contributed by atoms with Gasteiger partial charge < -0.3 is 29.9 Å². The average molecular weight is 589 g/mol. The molecule has 0 aromatic rings. The van der Waals surface area contributed by atoms with Crippen LogP contribution in [0.15, 0.2) is 11.6 Å². The maximum Gasteiger partial charge on any atom is 0.310 e. The lowest BCUT2D eigenvalue weighted by molar-refractivity contribution is -0.308. The molecule has 7 heteroatoms. The van der Waals surface area contributed by atoms with E-state index in [9.17, 15) is 25.2 Å². The van der Waals surface area contributed by atoms with Crippen molar-refractivity contribution in [2.75, 3.05) is 6.61 Å². The van der Waals surface area contributed by atoms with E-state index in [0.29, 0.717) is 11.8 Å². The summed E-state index contributed by atoms with van der Waals surface area (Å²) in [7, 11) is 0. The molecular formula is C35H56O7. The fourth-order valence-corrected chi connectivity index (χ4v) is 11.9. The molecule has 12 atom stereocenters. The van der Waals surface area contributed by atoms with Crippen LogP contribution in [0.5, 0.6) is 0 Å². The van der Waals surface area contributed by atoms with Crippen LogP contribution in [-0.4, -0.2) is 63.7 Å². The van der Waals surface area contributed by atoms with E-state index in [-0.39, 0.29) is 45.7 Å². The number of carboxylic acid groups (broad SMARTS) is 1. The molecule has 0 unspecified atom stereocenters. The van der Waals surface area contributed by atoms with Crippen molar-refractivity contribution in [2.45, 2.75) is 143 Å². The van der Waals surface area contributed by atoms with E-state index in [4.69, 9.17) is 9.47 Å². The first-order valence-corrected chi connectivity index (χ1v) is 16.7. The number of hydrogen-bond donors (Lipinski definition) is 4. The lowest BCUT2D eigenvalue weighted by Crippen LogP contribution is -2.65. The first kappa shape index (κ1) is 31.0. The normalized spacial score (nSPS) is 53.0. The summed E-state index contributed by atoms with van der Waals surface area (Å²) in [6, 6.07) is 0. The molecule has 238 valence electrons. The third kappa shape index (κ3) is 4.12. The van der Waals surface area contributed by atoms with Crippen LogP contribution >= 0.6 is 0 Å². The molecule has 4 saturated carbocycles. The van der Waals surface area contributed by atoms with Gasteiger partial charge in [0.2, 0.25) is 0 Å². The maximum atomic E-state index is 12.9. The minimum absolute atomic E-state index is 0.00452. The summed E-state index contributed by atoms with van der Waals surface area (Å²) in [5.41, 5.74) is 1.05. The quantitative estimate of drug-likeness (QED) is 0.247. The number of hydrogen-bond acceptors (Lipinski definition) is 6. The van der Waals surface area contributed by atoms with Crippen molar-refractivity contribution < 1.29 is 34.7 Å². The molecule has 4 N–H and O–H groups in total. The smallest absolute Gasteiger partial charge is 0.310 e. The maximum absolute atomic E-state index is 12.9. The molecule has 6 aliphatic rings. The molecule has 0 amide bonds. The second-order valence-corrected chi connectivity index (χ2v) is 17.4. The summed E-state index contributed by atoms with van der Waals surface area (Å²) in [4.78, 5) is 12.9. The molecule has 6 rings (SSSR count). The summed E-state index contributed by atoms with van der Waals surface area (Å²) in [6.45, 7) is 16.8. The Morgan fingerprint density at radius 1 is 0.881 bits per heavy atom. The Labute approximate surface area is 252 Å². The molecule has 1 saturated heterocycles. The van der Waals surface area contributed by atoms with E-state index in [0.717, 1.165) is 64.2 Å². The molecule has 7 nitrogen and oxygen atoms in total. The van der Waals surface area contributed by atoms with Crippen molar-refractivity contribution in [2.24, 2.45) is 50.2 Å². The van der Waals surface area contributed by atoms with Gasteiger partial charge in [0.15, 0.2) is 6.29 Å². The molecule has 0 aromatic heterocycles. The minimum Gasteiger partial charge on any atom is -0.481 e. The number of aliphatic carboxylic acids is 1. The summed E-state index contributed by atoms with van der Waals surface area (Å²) in [6.07, 6.45) is 7.38. The van der Waals surface area contributed by atoms with Crippen LogP contribution in [0.25, 0.3) is 0 Å². The number of allylic oxidation sites excluding steroid dienone is 2. The SMILES string of the molecule is CC1(C)CC[C@]2(C(=O)O)CC[C@]3(C)C(=CC[C@@H]4[C@@]5(C)CC[C@H](O[C@@H]6OC[C@@H](O)[C@H](O)[C@@H]6O)C(C)(C)[C@@H]5CC[C@]43C)[C@@H]2C1. The van der Waals surface area contributed by atoms with E-state index in [1.165, 1.54) is 5.57 Å². The second kappa shape index (κ2) is 9.75. The predicted molar refractivity (Wildman–Crippen MR) is 159 cm³/mol. The third-order valence-electron chi connectivity index (χ3n) is 14.8. The largest absolute Gasteiger partial charge is 0.481 e. The Balaban J connectivity index is 1.30. The highest BCUT2D eigenvalue weighted by Gasteiger charge is 2.69. The first-order chi connectivity index (χ1) is 19.4. The molecule has 1 heterocycles. The van der Waals surface area contributed by atoms with E-state index in [1.54, 1.807) is 0 Å². The van der Waals surface area contributed by atoms with Gasteiger partial charge in [-0.2, -0.15) is 0 Å². The van der Waals surface area contributed by atoms with Crippen LogP contribution < -0.4 is 0 Å². The van der Waals surface area contributed by atoms with Gasteiger partial charge in [-0.25, -0.2) is 0 Å². The van der Waals surface area contributed by atoms with Crippen LogP contribution in [0.4, 0.5) is 0 Å². The van der Waals surface area contributed by atoms with Gasteiger partial charge in [-0.05, 0) is 109 Å². The van der Waals surface area contributed by atoms with Crippen LogP contribution in [0.3, 0.4) is 0 Å². The third-order valence-corrected chi connectivity index (χ3v) is 14.8. The highest BCUT2D eigenvalue weighted by Crippen LogP contribution is 2.75. The molecular weight excluding hydrogens is 532 g/mol. The molecule has 42 heavy (non-hydrogen) atoms. The molecule has 0 bridgehead atoms. The molecule has 5 fully saturated rings. The Bertz CT molecular complexity index is 1130. The zero-order valence-corrected chi connectivity index (χ0v) is 27.0. The number of fused-ring (bicyclic) bond motifs is 7. The fourth-order valence-electron chi connectivity index (χ4n) is 11.9.